The zero-order valence-electron chi connectivity index (χ0n) is 32.1. The minimum Gasteiger partial charge on any atom is -0.444 e. The van der Waals surface area contributed by atoms with Crippen LogP contribution < -0.4 is 15.4 Å². The van der Waals surface area contributed by atoms with Crippen LogP contribution in [0.25, 0.3) is 0 Å². The lowest BCUT2D eigenvalue weighted by atomic mass is 10.0. The van der Waals surface area contributed by atoms with Crippen molar-refractivity contribution in [1.82, 2.24) is 25.2 Å². The number of ether oxygens (including phenoxy) is 2. The minimum absolute atomic E-state index is 0.0441. The van der Waals surface area contributed by atoms with Gasteiger partial charge in [-0.25, -0.2) is 27.1 Å². The molecule has 2 fully saturated rings. The zero-order valence-corrected chi connectivity index (χ0v) is 32.9. The Balaban J connectivity index is 1.26. The third-order valence-electron chi connectivity index (χ3n) is 10.5. The van der Waals surface area contributed by atoms with Crippen molar-refractivity contribution in [2.24, 2.45) is 5.92 Å². The Morgan fingerprint density at radius 1 is 0.983 bits per heavy atom. The summed E-state index contributed by atoms with van der Waals surface area (Å²) in [4.78, 5) is 70.7. The van der Waals surface area contributed by atoms with Crippen LogP contribution in [-0.2, 0) is 53.1 Å². The first-order valence-electron chi connectivity index (χ1n) is 18.9. The van der Waals surface area contributed by atoms with Gasteiger partial charge in [-0.3, -0.25) is 19.3 Å². The summed E-state index contributed by atoms with van der Waals surface area (Å²) in [7, 11) is -4.72. The van der Waals surface area contributed by atoms with Gasteiger partial charge in [0.05, 0.1) is 23.5 Å². The highest BCUT2D eigenvalue weighted by molar-refractivity contribution is 7.90. The number of benzene rings is 2. The van der Waals surface area contributed by atoms with Gasteiger partial charge in [-0.05, 0) is 82.3 Å². The second kappa shape index (κ2) is 16.2. The Kier molecular flexibility index (Phi) is 11.9. The summed E-state index contributed by atoms with van der Waals surface area (Å²) in [5.74, 6) is -3.90. The fourth-order valence-electron chi connectivity index (χ4n) is 7.44. The SMILES string of the molecule is CC(C)(C)OC(=O)N[C@H]1CCCCC/C=C\[C@H]2C[C@@]2(C(=O)NS(=O)(=O)c2ccc(C(F)(F)F)cc2)NC(=O)[C@@H]2C[C@@H](OC(=O)N3Cc4cccc(F)c4C3)CN2C1=O. The van der Waals surface area contributed by atoms with Crippen LogP contribution in [0.3, 0.4) is 0 Å². The van der Waals surface area contributed by atoms with Crippen molar-refractivity contribution in [1.29, 1.82) is 0 Å². The van der Waals surface area contributed by atoms with E-state index in [2.05, 4.69) is 10.6 Å². The van der Waals surface area contributed by atoms with E-state index < -0.39 is 97.6 Å². The van der Waals surface area contributed by atoms with E-state index in [4.69, 9.17) is 9.47 Å². The lowest BCUT2D eigenvalue weighted by molar-refractivity contribution is -0.141. The van der Waals surface area contributed by atoms with Crippen LogP contribution in [0.15, 0.2) is 59.5 Å². The molecule has 1 saturated heterocycles. The number of hydrogen-bond acceptors (Lipinski definition) is 9. The quantitative estimate of drug-likeness (QED) is 0.274. The number of sulfonamides is 1. The van der Waals surface area contributed by atoms with Crippen molar-refractivity contribution in [3.05, 3.63) is 77.1 Å². The van der Waals surface area contributed by atoms with Gasteiger partial charge in [-0.1, -0.05) is 37.1 Å². The maximum atomic E-state index is 14.5. The van der Waals surface area contributed by atoms with Crippen LogP contribution >= 0.6 is 0 Å². The van der Waals surface area contributed by atoms with Crippen molar-refractivity contribution in [3.63, 3.8) is 0 Å². The molecule has 0 spiro atoms. The van der Waals surface area contributed by atoms with E-state index >= 15 is 0 Å². The number of allylic oxidation sites excluding steroid dienone is 1. The standard InChI is InChI=1S/C39H45F4N5O9S/c1-37(2,3)57-35(52)44-30-13-8-6-4-5-7-11-25-19-38(25,34(51)46-58(54,55)27-16-14-24(15-17-27)39(41,42)43)45-32(49)31-18-26(21-48(31)33(30)50)56-36(53)47-20-23-10-9-12-29(40)28(23)22-47/h7,9-12,14-17,25-26,30-31H,4-6,8,13,18-22H2,1-3H3,(H,44,52)(H,45,49)(H,46,51)/b11-7-/t25-,26+,30-,31-,38+/m0/s1. The average molecular weight is 836 g/mol. The van der Waals surface area contributed by atoms with E-state index in [9.17, 15) is 50.0 Å². The first-order valence-corrected chi connectivity index (χ1v) is 20.4. The van der Waals surface area contributed by atoms with E-state index in [0.717, 1.165) is 4.90 Å². The smallest absolute Gasteiger partial charge is 0.416 e. The zero-order chi connectivity index (χ0) is 42.2. The lowest BCUT2D eigenvalue weighted by Gasteiger charge is -2.30. The predicted octanol–water partition coefficient (Wildman–Crippen LogP) is 5.06. The summed E-state index contributed by atoms with van der Waals surface area (Å²) in [6.45, 7) is 4.65. The van der Waals surface area contributed by atoms with E-state index in [1.54, 1.807) is 39.0 Å². The van der Waals surface area contributed by atoms with Crippen molar-refractivity contribution in [2.45, 2.75) is 119 Å². The van der Waals surface area contributed by atoms with Crippen LogP contribution in [-0.4, -0.2) is 84.0 Å². The van der Waals surface area contributed by atoms with Gasteiger partial charge in [0.15, 0.2) is 0 Å². The molecule has 1 saturated carbocycles. The van der Waals surface area contributed by atoms with Crippen LogP contribution in [0.1, 0.15) is 82.4 Å². The summed E-state index contributed by atoms with van der Waals surface area (Å²) in [5.41, 5.74) is -2.90. The molecule has 0 aromatic heterocycles. The topological polar surface area (TPSA) is 181 Å². The monoisotopic (exact) mass is 835 g/mol. The second-order valence-corrected chi connectivity index (χ2v) is 17.7. The Hall–Kier alpha value is -5.20. The van der Waals surface area contributed by atoms with E-state index in [1.807, 2.05) is 4.72 Å². The summed E-state index contributed by atoms with van der Waals surface area (Å²) in [6.07, 6.45) is -1.83. The maximum Gasteiger partial charge on any atom is 0.416 e. The molecule has 2 aromatic carbocycles. The molecular formula is C39H45F4N5O9S. The number of rotatable bonds is 5. The fourth-order valence-corrected chi connectivity index (χ4v) is 8.48. The highest BCUT2D eigenvalue weighted by Crippen LogP contribution is 2.46. The highest BCUT2D eigenvalue weighted by atomic mass is 32.2. The Labute approximate surface area is 332 Å². The molecule has 5 atom stereocenters. The number of carbonyl (C=O) groups excluding carboxylic acids is 5. The number of alkyl halides is 3. The molecule has 1 aliphatic carbocycles. The van der Waals surface area contributed by atoms with E-state index in [1.165, 1.54) is 17.0 Å². The molecule has 58 heavy (non-hydrogen) atoms. The average Bonchev–Trinajstić information content (AvgIpc) is 3.42. The van der Waals surface area contributed by atoms with Gasteiger partial charge in [-0.15, -0.1) is 0 Å². The van der Waals surface area contributed by atoms with Crippen molar-refractivity contribution < 1.29 is 59.4 Å². The largest absolute Gasteiger partial charge is 0.444 e. The number of carbonyl (C=O) groups is 5. The fraction of sp³-hybridized carbons (Fsp3) is 0.513. The molecule has 0 bridgehead atoms. The molecule has 2 aromatic rings. The van der Waals surface area contributed by atoms with Gasteiger partial charge < -0.3 is 25.0 Å². The first kappa shape index (κ1) is 42.4. The minimum atomic E-state index is -4.73. The van der Waals surface area contributed by atoms with Gasteiger partial charge in [-0.2, -0.15) is 13.2 Å². The van der Waals surface area contributed by atoms with Crippen LogP contribution in [0.4, 0.5) is 27.2 Å². The number of fused-ring (bicyclic) bond motifs is 3. The number of hydrogen-bond donors (Lipinski definition) is 3. The summed E-state index contributed by atoms with van der Waals surface area (Å²) >= 11 is 0. The third kappa shape index (κ3) is 9.56. The molecular weight excluding hydrogens is 791 g/mol. The molecule has 0 unspecified atom stereocenters. The van der Waals surface area contributed by atoms with Gasteiger partial charge in [0.25, 0.3) is 15.9 Å². The Morgan fingerprint density at radius 3 is 2.38 bits per heavy atom. The summed E-state index contributed by atoms with van der Waals surface area (Å²) in [5, 5.41) is 5.27. The molecule has 3 heterocycles. The first-order chi connectivity index (χ1) is 27.2. The molecule has 6 rings (SSSR count). The molecule has 14 nitrogen and oxygen atoms in total. The normalized spacial score (nSPS) is 25.8. The highest BCUT2D eigenvalue weighted by Gasteiger charge is 2.62. The van der Waals surface area contributed by atoms with Gasteiger partial charge >= 0.3 is 18.4 Å². The van der Waals surface area contributed by atoms with Crippen molar-refractivity contribution in [2.75, 3.05) is 6.54 Å². The molecule has 5 amide bonds. The number of nitrogens with zero attached hydrogens (tertiary/aromatic N) is 2. The number of nitrogens with one attached hydrogen (secondary N) is 3. The van der Waals surface area contributed by atoms with E-state index in [-0.39, 0.29) is 38.9 Å². The van der Waals surface area contributed by atoms with Crippen LogP contribution in [0.5, 0.6) is 0 Å². The van der Waals surface area contributed by atoms with Crippen LogP contribution in [0.2, 0.25) is 0 Å². The number of amides is 5. The van der Waals surface area contributed by atoms with Crippen molar-refractivity contribution in [3.8, 4) is 0 Å². The predicted molar refractivity (Wildman–Crippen MR) is 197 cm³/mol. The molecule has 19 heteroatoms. The number of alkyl carbamates (subject to hydrolysis) is 1. The van der Waals surface area contributed by atoms with Gasteiger partial charge in [0.2, 0.25) is 11.8 Å². The number of halogens is 4. The Bertz CT molecular complexity index is 2090. The second-order valence-electron chi connectivity index (χ2n) is 16.0. The lowest BCUT2D eigenvalue weighted by Crippen LogP contribution is -2.58. The van der Waals surface area contributed by atoms with Crippen LogP contribution in [0, 0.1) is 11.7 Å². The van der Waals surface area contributed by atoms with E-state index in [0.29, 0.717) is 61.1 Å². The third-order valence-corrected chi connectivity index (χ3v) is 11.9. The van der Waals surface area contributed by atoms with Gasteiger partial charge in [0, 0.05) is 24.4 Å². The Morgan fingerprint density at radius 2 is 1.71 bits per heavy atom. The molecule has 3 N–H and O–H groups in total. The molecule has 3 aliphatic heterocycles. The maximum absolute atomic E-state index is 14.5. The van der Waals surface area contributed by atoms with Gasteiger partial charge in [0.1, 0.15) is 35.1 Å². The molecule has 4 aliphatic rings. The molecule has 314 valence electrons. The summed E-state index contributed by atoms with van der Waals surface area (Å²) in [6, 6.07) is 4.46. The summed E-state index contributed by atoms with van der Waals surface area (Å²) < 4.78 is 93.5. The van der Waals surface area contributed by atoms with Crippen molar-refractivity contribution >= 4 is 39.9 Å². The molecule has 0 radical (unpaired) electrons.